The van der Waals surface area contributed by atoms with E-state index in [1.165, 1.54) is 12.0 Å². The Bertz CT molecular complexity index is 433. The van der Waals surface area contributed by atoms with E-state index in [0.29, 0.717) is 12.6 Å². The van der Waals surface area contributed by atoms with Crippen molar-refractivity contribution in [2.45, 2.75) is 45.1 Å². The van der Waals surface area contributed by atoms with Crippen molar-refractivity contribution in [2.24, 2.45) is 0 Å². The van der Waals surface area contributed by atoms with Crippen LogP contribution in [0.2, 0.25) is 0 Å². The van der Waals surface area contributed by atoms with E-state index in [0.717, 1.165) is 36.7 Å². The number of rotatable bonds is 4. The van der Waals surface area contributed by atoms with Gasteiger partial charge in [-0.1, -0.05) is 35.0 Å². The molecule has 1 atom stereocenters. The fraction of sp³-hybridized carbons (Fsp3) is 0.562. The van der Waals surface area contributed by atoms with Gasteiger partial charge in [-0.15, -0.1) is 0 Å². The van der Waals surface area contributed by atoms with Gasteiger partial charge in [0.15, 0.2) is 0 Å². The summed E-state index contributed by atoms with van der Waals surface area (Å²) >= 11 is 3.43. The highest BCUT2D eigenvalue weighted by Crippen LogP contribution is 2.19. The van der Waals surface area contributed by atoms with Gasteiger partial charge in [-0.2, -0.15) is 0 Å². The predicted molar refractivity (Wildman–Crippen MR) is 85.9 cm³/mol. The van der Waals surface area contributed by atoms with E-state index in [4.69, 9.17) is 0 Å². The van der Waals surface area contributed by atoms with Crippen LogP contribution in [0.15, 0.2) is 28.7 Å². The minimum absolute atomic E-state index is 0.105. The van der Waals surface area contributed by atoms with Gasteiger partial charge in [0, 0.05) is 23.6 Å². The summed E-state index contributed by atoms with van der Waals surface area (Å²) in [5, 5.41) is 3.06. The molecule has 1 heterocycles. The molecule has 1 fully saturated rings. The third kappa shape index (κ3) is 4.23. The second kappa shape index (κ2) is 7.67. The van der Waals surface area contributed by atoms with Gasteiger partial charge in [0.25, 0.3) is 0 Å². The number of hydrogen-bond acceptors (Lipinski definition) is 1. The second-order valence-electron chi connectivity index (χ2n) is 5.36. The molecule has 1 aromatic rings. The lowest BCUT2D eigenvalue weighted by atomic mass is 10.0. The normalized spacial score (nSPS) is 18.9. The molecule has 1 saturated heterocycles. The van der Waals surface area contributed by atoms with E-state index >= 15 is 0 Å². The molecule has 0 saturated carbocycles. The van der Waals surface area contributed by atoms with Crippen LogP contribution in [0.3, 0.4) is 0 Å². The molecule has 110 valence electrons. The Morgan fingerprint density at radius 3 is 2.80 bits per heavy atom. The lowest BCUT2D eigenvalue weighted by Gasteiger charge is -2.35. The van der Waals surface area contributed by atoms with Crippen molar-refractivity contribution in [1.82, 2.24) is 10.2 Å². The van der Waals surface area contributed by atoms with Crippen LogP contribution < -0.4 is 5.32 Å². The van der Waals surface area contributed by atoms with Crippen LogP contribution in [0.5, 0.6) is 0 Å². The van der Waals surface area contributed by atoms with Crippen molar-refractivity contribution in [2.75, 3.05) is 13.1 Å². The van der Waals surface area contributed by atoms with Crippen molar-refractivity contribution in [3.8, 4) is 0 Å². The molecule has 0 bridgehead atoms. The zero-order chi connectivity index (χ0) is 14.4. The maximum Gasteiger partial charge on any atom is 0.317 e. The first-order valence-corrected chi connectivity index (χ1v) is 8.29. The molecule has 1 aromatic carbocycles. The average Bonchev–Trinajstić information content (AvgIpc) is 2.49. The van der Waals surface area contributed by atoms with Gasteiger partial charge in [0.05, 0.1) is 0 Å². The molecule has 3 nitrogen and oxygen atoms in total. The molecule has 0 aliphatic carbocycles. The highest BCUT2D eigenvalue weighted by molar-refractivity contribution is 9.10. The molecule has 0 aromatic heterocycles. The van der Waals surface area contributed by atoms with E-state index in [1.54, 1.807) is 0 Å². The van der Waals surface area contributed by atoms with Crippen LogP contribution in [0.25, 0.3) is 0 Å². The lowest BCUT2D eigenvalue weighted by Crippen LogP contribution is -2.48. The highest BCUT2D eigenvalue weighted by atomic mass is 79.9. The Morgan fingerprint density at radius 2 is 2.10 bits per heavy atom. The smallest absolute Gasteiger partial charge is 0.317 e. The number of nitrogens with one attached hydrogen (secondary N) is 1. The van der Waals surface area contributed by atoms with Crippen LogP contribution >= 0.6 is 15.9 Å². The van der Waals surface area contributed by atoms with Gasteiger partial charge in [0.1, 0.15) is 0 Å². The predicted octanol–water partition coefficient (Wildman–Crippen LogP) is 3.97. The zero-order valence-electron chi connectivity index (χ0n) is 12.1. The van der Waals surface area contributed by atoms with Crippen LogP contribution in [0.4, 0.5) is 4.79 Å². The molecule has 1 aliphatic heterocycles. The first kappa shape index (κ1) is 15.4. The number of carbonyl (C=O) groups excluding carboxylic acids is 1. The maximum atomic E-state index is 12.2. The van der Waals surface area contributed by atoms with Crippen molar-refractivity contribution in [3.05, 3.63) is 34.3 Å². The Kier molecular flexibility index (Phi) is 5.89. The van der Waals surface area contributed by atoms with Crippen molar-refractivity contribution in [1.29, 1.82) is 0 Å². The number of likely N-dealkylation sites (tertiary alicyclic amines) is 1. The first-order valence-electron chi connectivity index (χ1n) is 7.49. The summed E-state index contributed by atoms with van der Waals surface area (Å²) in [7, 11) is 0. The van der Waals surface area contributed by atoms with E-state index < -0.39 is 0 Å². The minimum Gasteiger partial charge on any atom is -0.338 e. The van der Waals surface area contributed by atoms with Crippen molar-refractivity contribution < 1.29 is 4.79 Å². The zero-order valence-corrected chi connectivity index (χ0v) is 13.7. The summed E-state index contributed by atoms with van der Waals surface area (Å²) in [6.45, 7) is 3.77. The Labute approximate surface area is 129 Å². The summed E-state index contributed by atoms with van der Waals surface area (Å²) < 4.78 is 1.09. The van der Waals surface area contributed by atoms with Gasteiger partial charge >= 0.3 is 6.03 Å². The van der Waals surface area contributed by atoms with E-state index in [2.05, 4.69) is 40.3 Å². The van der Waals surface area contributed by atoms with Gasteiger partial charge in [-0.3, -0.25) is 0 Å². The van der Waals surface area contributed by atoms with Crippen LogP contribution in [0.1, 0.15) is 38.2 Å². The molecule has 1 N–H and O–H groups in total. The number of halogens is 1. The first-order chi connectivity index (χ1) is 9.70. The molecule has 1 aliphatic rings. The molecule has 0 radical (unpaired) electrons. The van der Waals surface area contributed by atoms with E-state index in [9.17, 15) is 4.79 Å². The maximum absolute atomic E-state index is 12.2. The van der Waals surface area contributed by atoms with Crippen LogP contribution in [-0.4, -0.2) is 30.1 Å². The average molecular weight is 339 g/mol. The van der Waals surface area contributed by atoms with Gasteiger partial charge in [-0.05, 0) is 49.8 Å². The molecular weight excluding hydrogens is 316 g/mol. The lowest BCUT2D eigenvalue weighted by molar-refractivity contribution is 0.149. The number of carbonyl (C=O) groups is 1. The largest absolute Gasteiger partial charge is 0.338 e. The number of hydrogen-bond donors (Lipinski definition) is 1. The molecule has 0 spiro atoms. The third-order valence-corrected chi connectivity index (χ3v) is 4.49. The Balaban J connectivity index is 1.78. The molecule has 2 amide bonds. The van der Waals surface area contributed by atoms with Crippen molar-refractivity contribution in [3.63, 3.8) is 0 Å². The minimum atomic E-state index is 0.105. The van der Waals surface area contributed by atoms with Crippen LogP contribution in [-0.2, 0) is 6.42 Å². The fourth-order valence-corrected chi connectivity index (χ4v) is 3.02. The topological polar surface area (TPSA) is 32.3 Å². The summed E-state index contributed by atoms with van der Waals surface area (Å²) in [5.74, 6) is 0. The summed E-state index contributed by atoms with van der Waals surface area (Å²) in [6, 6.07) is 8.78. The molecule has 20 heavy (non-hydrogen) atoms. The number of amides is 2. The van der Waals surface area contributed by atoms with Crippen LogP contribution in [0, 0.1) is 0 Å². The van der Waals surface area contributed by atoms with E-state index in [1.807, 2.05) is 17.0 Å². The fourth-order valence-electron chi connectivity index (χ4n) is 2.76. The highest BCUT2D eigenvalue weighted by Gasteiger charge is 2.24. The summed E-state index contributed by atoms with van der Waals surface area (Å²) in [6.07, 6.45) is 5.47. The molecule has 4 heteroatoms. The Morgan fingerprint density at radius 1 is 1.35 bits per heavy atom. The van der Waals surface area contributed by atoms with Gasteiger partial charge in [0.2, 0.25) is 0 Å². The van der Waals surface area contributed by atoms with E-state index in [-0.39, 0.29) is 6.03 Å². The third-order valence-electron chi connectivity index (χ3n) is 3.96. The summed E-state index contributed by atoms with van der Waals surface area (Å²) in [4.78, 5) is 14.2. The number of benzene rings is 1. The molecule has 2 rings (SSSR count). The van der Waals surface area contributed by atoms with Gasteiger partial charge in [-0.25, -0.2) is 4.79 Å². The standard InChI is InChI=1S/C16H23BrN2O/c1-2-15-5-3-4-12-19(15)16(20)18-11-10-13-6-8-14(17)9-7-13/h6-9,15H,2-5,10-12H2,1H3,(H,18,20). The molecular formula is C16H23BrN2O. The van der Waals surface area contributed by atoms with Crippen molar-refractivity contribution >= 4 is 22.0 Å². The quantitative estimate of drug-likeness (QED) is 0.885. The number of urea groups is 1. The van der Waals surface area contributed by atoms with Gasteiger partial charge < -0.3 is 10.2 Å². The number of piperidine rings is 1. The summed E-state index contributed by atoms with van der Waals surface area (Å²) in [5.41, 5.74) is 1.25. The monoisotopic (exact) mass is 338 g/mol. The second-order valence-corrected chi connectivity index (χ2v) is 6.28. The Hall–Kier alpha value is -1.03. The SMILES string of the molecule is CCC1CCCCN1C(=O)NCCc1ccc(Br)cc1. The molecule has 1 unspecified atom stereocenters. The number of nitrogens with zero attached hydrogens (tertiary/aromatic N) is 1.